The van der Waals surface area contributed by atoms with Crippen molar-refractivity contribution in [3.8, 4) is 33.4 Å². The molecule has 0 bridgehead atoms. The maximum atomic E-state index is 6.86. The fourth-order valence-corrected chi connectivity index (χ4v) is 6.82. The Morgan fingerprint density at radius 1 is 0.245 bits per heavy atom. The van der Waals surface area contributed by atoms with Gasteiger partial charge in [0.2, 0.25) is 0 Å². The minimum atomic E-state index is 0.00129. The topological polar surface area (TPSA) is 0 Å². The lowest BCUT2D eigenvalue weighted by Crippen LogP contribution is -2.55. The smallest absolute Gasteiger partial charge is 0.112 e. The average molecular weight is 584 g/mol. The van der Waals surface area contributed by atoms with Gasteiger partial charge in [-0.15, -0.1) is 38.2 Å². The molecule has 7 rings (SSSR count). The maximum absolute atomic E-state index is 6.86. The molecule has 13 heteroatoms. The van der Waals surface area contributed by atoms with Crippen LogP contribution in [0.3, 0.4) is 0 Å². The predicted molar refractivity (Wildman–Crippen MR) is 225 cm³/mol. The van der Waals surface area contributed by atoms with E-state index >= 15 is 0 Å². The quantitative estimate of drug-likeness (QED) is 0.144. The van der Waals surface area contributed by atoms with Crippen molar-refractivity contribution in [2.75, 3.05) is 0 Å². The Hall–Kier alpha value is -3.84. The first-order valence-electron chi connectivity index (χ1n) is 15.1. The number of rotatable bonds is 3. The molecule has 194 valence electrons. The van der Waals surface area contributed by atoms with Crippen LogP contribution in [0.25, 0.3) is 65.7 Å². The molecule has 0 saturated heterocycles. The molecule has 0 fully saturated rings. The van der Waals surface area contributed by atoms with E-state index in [4.69, 9.17) is 102 Å². The molecule has 7 aromatic carbocycles. The zero-order chi connectivity index (χ0) is 35.2. The van der Waals surface area contributed by atoms with E-state index in [1.54, 1.807) is 0 Å². The molecular weight excluding hydrogens is 573 g/mol. The fraction of sp³-hybridized carbons (Fsp3) is 0. The van der Waals surface area contributed by atoms with Crippen LogP contribution >= 0.6 is 0 Å². The molecule has 0 spiro atoms. The zero-order valence-corrected chi connectivity index (χ0v) is 26.4. The second kappa shape index (κ2) is 12.2. The van der Waals surface area contributed by atoms with E-state index in [0.717, 1.165) is 21.9 Å². The monoisotopic (exact) mass is 586 g/mol. The molecule has 0 N–H and O–H groups in total. The Morgan fingerprint density at radius 2 is 0.592 bits per heavy atom. The highest BCUT2D eigenvalue weighted by atomic mass is 14.3. The first-order chi connectivity index (χ1) is 23.3. The molecule has 0 aromatic heterocycles. The SMILES string of the molecule is [B]c1c([B])c([B])c(-c2c3c([B])c([B])c([B])c([B])c3c(-c3ccc4cc(-c5ccccc5)ccc4c3)c3c([B])c([B])c([B])c([B])c23)c([B])c1[B]. The van der Waals surface area contributed by atoms with E-state index in [0.29, 0.717) is 32.7 Å². The minimum Gasteiger partial charge on any atom is -0.112 e. The van der Waals surface area contributed by atoms with Crippen LogP contribution in [0.5, 0.6) is 0 Å². The summed E-state index contributed by atoms with van der Waals surface area (Å²) in [6.07, 6.45) is 0. The highest BCUT2D eigenvalue weighted by molar-refractivity contribution is 6.73. The third kappa shape index (κ3) is 4.93. The molecule has 0 saturated carbocycles. The molecule has 49 heavy (non-hydrogen) atoms. The van der Waals surface area contributed by atoms with Crippen molar-refractivity contribution in [1.82, 2.24) is 0 Å². The van der Waals surface area contributed by atoms with Crippen LogP contribution in [0.15, 0.2) is 66.7 Å². The fourth-order valence-electron chi connectivity index (χ4n) is 6.82. The number of fused-ring (bicyclic) bond motifs is 3. The van der Waals surface area contributed by atoms with Crippen molar-refractivity contribution in [3.63, 3.8) is 0 Å². The van der Waals surface area contributed by atoms with Crippen LogP contribution in [0, 0.1) is 0 Å². The van der Waals surface area contributed by atoms with E-state index in [1.165, 1.54) is 0 Å². The minimum absolute atomic E-state index is 0.00129. The Labute approximate surface area is 304 Å². The molecule has 0 atom stereocenters. The van der Waals surface area contributed by atoms with Crippen LogP contribution in [0.1, 0.15) is 0 Å². The van der Waals surface area contributed by atoms with E-state index in [-0.39, 0.29) is 82.1 Å². The second-order valence-corrected chi connectivity index (χ2v) is 12.1. The standard InChI is InChI=1S/C36H11B13/c37-24-19-17(16-9-8-14-10-13(6-7-15(14)11-16)12-4-2-1-3-5-12)20-22(27(40)33(46)31(44)25(20)38)18(21(19)26(39)32(45)30(24)43)23-28(41)34(47)36(49)35(48)29(23)42/h1-11H. The summed E-state index contributed by atoms with van der Waals surface area (Å²) in [4.78, 5) is 0. The van der Waals surface area contributed by atoms with Gasteiger partial charge >= 0.3 is 0 Å². The van der Waals surface area contributed by atoms with E-state index in [2.05, 4.69) is 24.3 Å². The van der Waals surface area contributed by atoms with Crippen molar-refractivity contribution >= 4 is 205 Å². The molecule has 0 unspecified atom stereocenters. The van der Waals surface area contributed by atoms with Crippen molar-refractivity contribution in [3.05, 3.63) is 66.7 Å². The zero-order valence-electron chi connectivity index (χ0n) is 26.4. The second-order valence-electron chi connectivity index (χ2n) is 12.1. The molecule has 0 aliphatic heterocycles. The Bertz CT molecular complexity index is 2470. The Morgan fingerprint density at radius 3 is 1.04 bits per heavy atom. The number of hydrogen-bond acceptors (Lipinski definition) is 0. The third-order valence-electron chi connectivity index (χ3n) is 9.50. The summed E-state index contributed by atoms with van der Waals surface area (Å²) in [5.74, 6) is 0. The van der Waals surface area contributed by atoms with E-state index in [9.17, 15) is 0 Å². The van der Waals surface area contributed by atoms with Crippen molar-refractivity contribution in [2.45, 2.75) is 0 Å². The summed E-state index contributed by atoms with van der Waals surface area (Å²) < 4.78 is 0. The molecule has 0 heterocycles. The molecular formula is C36H11B13. The highest BCUT2D eigenvalue weighted by Crippen LogP contribution is 2.40. The molecule has 0 amide bonds. The van der Waals surface area contributed by atoms with Gasteiger partial charge in [-0.3, -0.25) is 0 Å². The summed E-state index contributed by atoms with van der Waals surface area (Å²) in [7, 11) is 85.5. The normalized spacial score (nSPS) is 11.5. The van der Waals surface area contributed by atoms with Crippen LogP contribution < -0.4 is 71.0 Å². The number of benzene rings is 7. The average Bonchev–Trinajstić information content (AvgIpc) is 3.12. The Balaban J connectivity index is 1.73. The first-order valence-corrected chi connectivity index (χ1v) is 15.1. The van der Waals surface area contributed by atoms with Crippen LogP contribution in [0.2, 0.25) is 0 Å². The van der Waals surface area contributed by atoms with Crippen molar-refractivity contribution in [2.24, 2.45) is 0 Å². The first kappa shape index (κ1) is 33.7. The van der Waals surface area contributed by atoms with Gasteiger partial charge in [0.15, 0.2) is 0 Å². The lowest BCUT2D eigenvalue weighted by molar-refractivity contribution is 1.64. The van der Waals surface area contributed by atoms with Crippen LogP contribution in [0.4, 0.5) is 0 Å². The van der Waals surface area contributed by atoms with Gasteiger partial charge < -0.3 is 0 Å². The van der Waals surface area contributed by atoms with Crippen molar-refractivity contribution < 1.29 is 0 Å². The van der Waals surface area contributed by atoms with Gasteiger partial charge in [0.25, 0.3) is 0 Å². The summed E-state index contributed by atoms with van der Waals surface area (Å²) in [6.45, 7) is 0. The maximum Gasteiger partial charge on any atom is 0.113 e. The highest BCUT2D eigenvalue weighted by Gasteiger charge is 2.26. The lowest BCUT2D eigenvalue weighted by atomic mass is 9.56. The van der Waals surface area contributed by atoms with Gasteiger partial charge in [-0.05, 0) is 77.8 Å². The van der Waals surface area contributed by atoms with Crippen molar-refractivity contribution in [1.29, 1.82) is 0 Å². The van der Waals surface area contributed by atoms with Gasteiger partial charge in [-0.2, -0.15) is 0 Å². The predicted octanol–water partition coefficient (Wildman–Crippen LogP) is -5.53. The summed E-state index contributed by atoms with van der Waals surface area (Å²) in [5, 5.41) is 3.37. The molecule has 7 aromatic rings. The van der Waals surface area contributed by atoms with Gasteiger partial charge in [-0.1, -0.05) is 87.4 Å². The van der Waals surface area contributed by atoms with E-state index in [1.807, 2.05) is 42.5 Å². The van der Waals surface area contributed by atoms with Crippen LogP contribution in [-0.2, 0) is 0 Å². The van der Waals surface area contributed by atoms with Gasteiger partial charge in [-0.25, -0.2) is 0 Å². The van der Waals surface area contributed by atoms with Gasteiger partial charge in [0.05, 0.1) is 0 Å². The summed E-state index contributed by atoms with van der Waals surface area (Å²) >= 11 is 0. The van der Waals surface area contributed by atoms with Crippen LogP contribution in [-0.4, -0.2) is 102 Å². The largest absolute Gasteiger partial charge is 0.113 e. The summed E-state index contributed by atoms with van der Waals surface area (Å²) in [6, 6.07) is 22.3. The van der Waals surface area contributed by atoms with Gasteiger partial charge in [0, 0.05) is 0 Å². The molecule has 26 radical (unpaired) electrons. The number of hydrogen-bond donors (Lipinski definition) is 0. The van der Waals surface area contributed by atoms with Gasteiger partial charge in [0.1, 0.15) is 102 Å². The summed E-state index contributed by atoms with van der Waals surface area (Å²) in [5.41, 5.74) is 4.51. The molecule has 0 aliphatic carbocycles. The Kier molecular flexibility index (Phi) is 8.37. The lowest BCUT2D eigenvalue weighted by Gasteiger charge is -2.31. The molecule has 0 aliphatic rings. The third-order valence-corrected chi connectivity index (χ3v) is 9.50. The van der Waals surface area contributed by atoms with E-state index < -0.39 is 0 Å². The molecule has 0 nitrogen and oxygen atoms in total.